The molecule has 1 saturated carbocycles. The molecule has 212 valence electrons. The van der Waals surface area contributed by atoms with Gasteiger partial charge < -0.3 is 9.47 Å². The summed E-state index contributed by atoms with van der Waals surface area (Å²) in [6.07, 6.45) is -4.11. The van der Waals surface area contributed by atoms with Crippen molar-refractivity contribution in [2.45, 2.75) is 75.0 Å². The Labute approximate surface area is 201 Å². The molecule has 1 aliphatic rings. The van der Waals surface area contributed by atoms with Gasteiger partial charge in [0.2, 0.25) is 0 Å². The summed E-state index contributed by atoms with van der Waals surface area (Å²) in [7, 11) is 0. The number of hydrogen-bond acceptors (Lipinski definition) is 4. The molecule has 0 bridgehead atoms. The van der Waals surface area contributed by atoms with Crippen molar-refractivity contribution in [3.05, 3.63) is 0 Å². The fourth-order valence-electron chi connectivity index (χ4n) is 3.94. The summed E-state index contributed by atoms with van der Waals surface area (Å²) in [5.74, 6) is -42.3. The number of carbonyl (C=O) groups excluding carboxylic acids is 2. The molecule has 1 aliphatic carbocycles. The van der Waals surface area contributed by atoms with Crippen molar-refractivity contribution in [1.82, 2.24) is 0 Å². The Kier molecular flexibility index (Phi) is 8.94. The fraction of sp³-hybridized carbons (Fsp3) is 0.895. The van der Waals surface area contributed by atoms with Crippen molar-refractivity contribution in [2.75, 3.05) is 13.2 Å². The van der Waals surface area contributed by atoms with E-state index >= 15 is 0 Å². The molecule has 0 aromatic heterocycles. The van der Waals surface area contributed by atoms with Crippen LogP contribution < -0.4 is 0 Å². The van der Waals surface area contributed by atoms with Crippen molar-refractivity contribution < 1.29 is 71.7 Å². The van der Waals surface area contributed by atoms with Gasteiger partial charge >= 0.3 is 46.9 Å². The summed E-state index contributed by atoms with van der Waals surface area (Å²) >= 11 is 3.66. The van der Waals surface area contributed by atoms with Crippen LogP contribution in [0.2, 0.25) is 0 Å². The maximum atomic E-state index is 14.4. The Bertz CT molecular complexity index is 810. The number of halogens is 13. The van der Waals surface area contributed by atoms with E-state index in [4.69, 9.17) is 9.47 Å². The molecule has 0 spiro atoms. The molecular formula is C19H21ClF12O4. The van der Waals surface area contributed by atoms with Gasteiger partial charge in [-0.3, -0.25) is 9.59 Å². The van der Waals surface area contributed by atoms with Gasteiger partial charge in [0.1, 0.15) is 0 Å². The van der Waals surface area contributed by atoms with Crippen LogP contribution in [0.5, 0.6) is 0 Å². The maximum Gasteiger partial charge on any atom is 0.393 e. The quantitative estimate of drug-likeness (QED) is 0.121. The topological polar surface area (TPSA) is 52.6 Å². The first-order valence-corrected chi connectivity index (χ1v) is 10.6. The zero-order valence-electron chi connectivity index (χ0n) is 18.7. The molecule has 0 aromatic carbocycles. The molecule has 0 amide bonds. The zero-order chi connectivity index (χ0) is 28.8. The Morgan fingerprint density at radius 3 is 1.50 bits per heavy atom. The van der Waals surface area contributed by atoms with E-state index in [9.17, 15) is 62.3 Å². The van der Waals surface area contributed by atoms with Crippen LogP contribution in [-0.2, 0) is 19.1 Å². The van der Waals surface area contributed by atoms with Crippen LogP contribution in [0.1, 0.15) is 40.0 Å². The Morgan fingerprint density at radius 1 is 0.750 bits per heavy atom. The number of esters is 2. The third-order valence-electron chi connectivity index (χ3n) is 5.94. The number of ether oxygens (including phenoxy) is 2. The molecule has 1 fully saturated rings. The average molecular weight is 577 g/mol. The van der Waals surface area contributed by atoms with Crippen LogP contribution in [0, 0.1) is 17.3 Å². The van der Waals surface area contributed by atoms with Crippen molar-refractivity contribution >= 4 is 23.5 Å². The second kappa shape index (κ2) is 9.93. The largest absolute Gasteiger partial charge is 0.465 e. The van der Waals surface area contributed by atoms with Crippen LogP contribution in [0.4, 0.5) is 52.7 Å². The lowest BCUT2D eigenvalue weighted by molar-refractivity contribution is -0.418. The van der Waals surface area contributed by atoms with E-state index in [0.717, 1.165) is 6.92 Å². The molecule has 4 nitrogen and oxygen atoms in total. The second-order valence-electron chi connectivity index (χ2n) is 8.37. The van der Waals surface area contributed by atoms with E-state index in [-0.39, 0.29) is 13.2 Å². The first kappa shape index (κ1) is 32.4. The molecular weight excluding hydrogens is 556 g/mol. The lowest BCUT2D eigenvalue weighted by atomic mass is 9.83. The van der Waals surface area contributed by atoms with Crippen LogP contribution in [0.25, 0.3) is 0 Å². The normalized spacial score (nSPS) is 21.9. The molecule has 0 heterocycles. The van der Waals surface area contributed by atoms with Crippen LogP contribution >= 0.6 is 11.6 Å². The first-order valence-electron chi connectivity index (χ1n) is 10.2. The van der Waals surface area contributed by atoms with Gasteiger partial charge in [-0.25, -0.2) is 0 Å². The SMILES string of the molecule is CCOC(=O)C1(C(=O)OCC)C[C@@H](CC(F)(F)C(F)(F)C(F)(F)C(F)(F)C(F)(F)C(F)(F)Cl)[C@@H](C)C1. The number of rotatable bonds is 11. The molecule has 0 aliphatic heterocycles. The molecule has 0 unspecified atom stereocenters. The van der Waals surface area contributed by atoms with Gasteiger partial charge in [0.15, 0.2) is 5.41 Å². The molecule has 0 radical (unpaired) electrons. The Hall–Kier alpha value is -1.61. The summed E-state index contributed by atoms with van der Waals surface area (Å²) < 4.78 is 173. The third kappa shape index (κ3) is 4.94. The maximum absolute atomic E-state index is 14.4. The first-order chi connectivity index (χ1) is 15.9. The van der Waals surface area contributed by atoms with Gasteiger partial charge in [-0.05, 0) is 50.1 Å². The monoisotopic (exact) mass is 576 g/mol. The number of alkyl halides is 13. The molecule has 0 N–H and O–H groups in total. The highest BCUT2D eigenvalue weighted by molar-refractivity contribution is 6.22. The average Bonchev–Trinajstić information content (AvgIpc) is 3.03. The summed E-state index contributed by atoms with van der Waals surface area (Å²) in [6, 6.07) is 0. The molecule has 0 saturated heterocycles. The van der Waals surface area contributed by atoms with Gasteiger partial charge in [-0.1, -0.05) is 6.92 Å². The highest BCUT2D eigenvalue weighted by Crippen LogP contribution is 2.62. The Balaban J connectivity index is 3.42. The van der Waals surface area contributed by atoms with E-state index in [1.807, 2.05) is 0 Å². The van der Waals surface area contributed by atoms with Crippen molar-refractivity contribution in [1.29, 1.82) is 0 Å². The van der Waals surface area contributed by atoms with E-state index in [0.29, 0.717) is 0 Å². The van der Waals surface area contributed by atoms with Gasteiger partial charge in [-0.2, -0.15) is 52.7 Å². The lowest BCUT2D eigenvalue weighted by Crippen LogP contribution is -2.70. The minimum Gasteiger partial charge on any atom is -0.465 e. The minimum atomic E-state index is -7.75. The lowest BCUT2D eigenvalue weighted by Gasteiger charge is -2.40. The van der Waals surface area contributed by atoms with Crippen molar-refractivity contribution in [2.24, 2.45) is 17.3 Å². The summed E-state index contributed by atoms with van der Waals surface area (Å²) in [6.45, 7) is 2.98. The summed E-state index contributed by atoms with van der Waals surface area (Å²) in [5.41, 5.74) is -2.33. The Morgan fingerprint density at radius 2 is 1.14 bits per heavy atom. The standard InChI is InChI=1S/C19H21ClF12O4/c1-4-35-11(33)13(12(34)36-5-2)6-9(3)10(7-13)8-14(21,22)15(23,24)16(25,26)17(27,28)18(29,30)19(20,31)32/h9-10H,4-8H2,1-3H3/t9-,10-/m0/s1. The van der Waals surface area contributed by atoms with Crippen LogP contribution in [0.3, 0.4) is 0 Å². The molecule has 1 rings (SSSR count). The zero-order valence-corrected chi connectivity index (χ0v) is 19.5. The molecule has 36 heavy (non-hydrogen) atoms. The van der Waals surface area contributed by atoms with E-state index in [1.165, 1.54) is 13.8 Å². The number of carbonyl (C=O) groups is 2. The van der Waals surface area contributed by atoms with Crippen LogP contribution in [0.15, 0.2) is 0 Å². The highest BCUT2D eigenvalue weighted by Gasteiger charge is 2.90. The smallest absolute Gasteiger partial charge is 0.393 e. The van der Waals surface area contributed by atoms with Gasteiger partial charge in [0.05, 0.1) is 13.2 Å². The third-order valence-corrected chi connectivity index (χ3v) is 6.17. The van der Waals surface area contributed by atoms with E-state index in [2.05, 4.69) is 11.6 Å². The summed E-state index contributed by atoms with van der Waals surface area (Å²) in [4.78, 5) is 24.8. The van der Waals surface area contributed by atoms with Crippen molar-refractivity contribution in [3.63, 3.8) is 0 Å². The molecule has 0 aromatic rings. The van der Waals surface area contributed by atoms with Gasteiger partial charge in [0, 0.05) is 6.42 Å². The van der Waals surface area contributed by atoms with Gasteiger partial charge in [0.25, 0.3) is 0 Å². The second-order valence-corrected chi connectivity index (χ2v) is 8.85. The number of hydrogen-bond donors (Lipinski definition) is 0. The van der Waals surface area contributed by atoms with Gasteiger partial charge in [-0.15, -0.1) is 0 Å². The molecule has 17 heteroatoms. The van der Waals surface area contributed by atoms with E-state index in [1.54, 1.807) is 0 Å². The van der Waals surface area contributed by atoms with Crippen LogP contribution in [-0.4, -0.2) is 60.1 Å². The van der Waals surface area contributed by atoms with E-state index < -0.39 is 83.4 Å². The minimum absolute atomic E-state index is 0.325. The predicted molar refractivity (Wildman–Crippen MR) is 97.7 cm³/mol. The molecule has 2 atom stereocenters. The summed E-state index contributed by atoms with van der Waals surface area (Å²) in [5, 5.41) is -6.52. The predicted octanol–water partition coefficient (Wildman–Crippen LogP) is 6.54. The van der Waals surface area contributed by atoms with Crippen molar-refractivity contribution in [3.8, 4) is 0 Å². The highest BCUT2D eigenvalue weighted by atomic mass is 35.5. The fourth-order valence-corrected chi connectivity index (χ4v) is 4.06.